The van der Waals surface area contributed by atoms with E-state index in [9.17, 15) is 4.39 Å². The molecule has 0 radical (unpaired) electrons. The number of aromatic nitrogens is 3. The third kappa shape index (κ3) is 2.25. The molecule has 3 aromatic rings. The zero-order valence-corrected chi connectivity index (χ0v) is 9.95. The van der Waals surface area contributed by atoms with Crippen molar-refractivity contribution in [3.63, 3.8) is 0 Å². The van der Waals surface area contributed by atoms with Crippen molar-refractivity contribution in [3.8, 4) is 11.6 Å². The Morgan fingerprint density at radius 2 is 2.16 bits per heavy atom. The fourth-order valence-corrected chi connectivity index (χ4v) is 1.73. The standard InChI is InChI=1S/C13H11FN4O/c14-11-7-10(2-1-9(11)8-15)19-13-4-6-18-12(17-13)3-5-16-18/h1-7H,8,15H2. The van der Waals surface area contributed by atoms with Gasteiger partial charge in [-0.2, -0.15) is 10.1 Å². The lowest BCUT2D eigenvalue weighted by Gasteiger charge is -2.06. The van der Waals surface area contributed by atoms with Gasteiger partial charge in [0, 0.05) is 36.5 Å². The fraction of sp³-hybridized carbons (Fsp3) is 0.0769. The highest BCUT2D eigenvalue weighted by molar-refractivity contribution is 5.39. The molecule has 96 valence electrons. The van der Waals surface area contributed by atoms with Crippen LogP contribution in [0.25, 0.3) is 5.65 Å². The molecule has 0 amide bonds. The van der Waals surface area contributed by atoms with E-state index in [2.05, 4.69) is 10.1 Å². The monoisotopic (exact) mass is 258 g/mol. The van der Waals surface area contributed by atoms with Crippen LogP contribution in [0.4, 0.5) is 4.39 Å². The third-order valence-electron chi connectivity index (χ3n) is 2.70. The lowest BCUT2D eigenvalue weighted by Crippen LogP contribution is -2.00. The average molecular weight is 258 g/mol. The first kappa shape index (κ1) is 11.6. The van der Waals surface area contributed by atoms with Crippen LogP contribution >= 0.6 is 0 Å². The SMILES string of the molecule is NCc1ccc(Oc2ccn3nccc3n2)cc1F. The maximum atomic E-state index is 13.6. The smallest absolute Gasteiger partial charge is 0.222 e. The van der Waals surface area contributed by atoms with Gasteiger partial charge in [0.05, 0.1) is 6.20 Å². The van der Waals surface area contributed by atoms with Crippen LogP contribution in [0, 0.1) is 5.82 Å². The summed E-state index contributed by atoms with van der Waals surface area (Å²) >= 11 is 0. The maximum absolute atomic E-state index is 13.6. The Morgan fingerprint density at radius 3 is 2.95 bits per heavy atom. The molecule has 0 spiro atoms. The summed E-state index contributed by atoms with van der Waals surface area (Å²) in [6.07, 6.45) is 3.37. The summed E-state index contributed by atoms with van der Waals surface area (Å²) < 4.78 is 20.7. The Morgan fingerprint density at radius 1 is 1.26 bits per heavy atom. The van der Waals surface area contributed by atoms with Crippen LogP contribution in [0.5, 0.6) is 11.6 Å². The van der Waals surface area contributed by atoms with Crippen LogP contribution in [0.2, 0.25) is 0 Å². The molecule has 3 rings (SSSR count). The Bertz CT molecular complexity index is 725. The van der Waals surface area contributed by atoms with E-state index in [1.807, 2.05) is 0 Å². The van der Waals surface area contributed by atoms with Crippen molar-refractivity contribution in [2.24, 2.45) is 5.73 Å². The minimum Gasteiger partial charge on any atom is -0.439 e. The summed E-state index contributed by atoms with van der Waals surface area (Å²) in [7, 11) is 0. The average Bonchev–Trinajstić information content (AvgIpc) is 2.86. The topological polar surface area (TPSA) is 65.4 Å². The first-order valence-corrected chi connectivity index (χ1v) is 5.73. The van der Waals surface area contributed by atoms with E-state index < -0.39 is 0 Å². The van der Waals surface area contributed by atoms with Gasteiger partial charge in [-0.25, -0.2) is 8.91 Å². The number of halogens is 1. The highest BCUT2D eigenvalue weighted by Crippen LogP contribution is 2.22. The molecular weight excluding hydrogens is 247 g/mol. The Labute approximate surface area is 108 Å². The van der Waals surface area contributed by atoms with Crippen molar-refractivity contribution < 1.29 is 9.13 Å². The number of rotatable bonds is 3. The molecule has 1 aromatic carbocycles. The summed E-state index contributed by atoms with van der Waals surface area (Å²) in [5.41, 5.74) is 6.51. The van der Waals surface area contributed by atoms with Crippen molar-refractivity contribution in [1.29, 1.82) is 0 Å². The molecule has 2 N–H and O–H groups in total. The minimum absolute atomic E-state index is 0.159. The molecule has 2 heterocycles. The summed E-state index contributed by atoms with van der Waals surface area (Å²) in [5.74, 6) is 0.379. The van der Waals surface area contributed by atoms with Crippen molar-refractivity contribution in [2.45, 2.75) is 6.54 Å². The number of benzene rings is 1. The molecule has 0 bridgehead atoms. The van der Waals surface area contributed by atoms with Crippen LogP contribution in [-0.2, 0) is 6.54 Å². The molecule has 0 fully saturated rings. The van der Waals surface area contributed by atoms with E-state index in [4.69, 9.17) is 10.5 Å². The van der Waals surface area contributed by atoms with Gasteiger partial charge in [-0.15, -0.1) is 0 Å². The second-order valence-corrected chi connectivity index (χ2v) is 3.96. The van der Waals surface area contributed by atoms with Gasteiger partial charge in [0.2, 0.25) is 5.88 Å². The maximum Gasteiger partial charge on any atom is 0.222 e. The quantitative estimate of drug-likeness (QED) is 0.781. The zero-order valence-electron chi connectivity index (χ0n) is 9.95. The van der Waals surface area contributed by atoms with Crippen LogP contribution < -0.4 is 10.5 Å². The molecule has 0 atom stereocenters. The Balaban J connectivity index is 1.89. The van der Waals surface area contributed by atoms with Gasteiger partial charge in [-0.05, 0) is 6.07 Å². The Kier molecular flexibility index (Phi) is 2.85. The van der Waals surface area contributed by atoms with Crippen LogP contribution in [-0.4, -0.2) is 14.6 Å². The summed E-state index contributed by atoms with van der Waals surface area (Å²) in [6.45, 7) is 0.159. The molecule has 0 aliphatic rings. The highest BCUT2D eigenvalue weighted by atomic mass is 19.1. The van der Waals surface area contributed by atoms with E-state index in [1.54, 1.807) is 41.2 Å². The number of nitrogens with zero attached hydrogens (tertiary/aromatic N) is 3. The molecule has 0 saturated carbocycles. The lowest BCUT2D eigenvalue weighted by molar-refractivity contribution is 0.457. The number of hydrogen-bond donors (Lipinski definition) is 1. The van der Waals surface area contributed by atoms with E-state index in [-0.39, 0.29) is 12.4 Å². The van der Waals surface area contributed by atoms with Crippen molar-refractivity contribution in [3.05, 3.63) is 54.1 Å². The van der Waals surface area contributed by atoms with Gasteiger partial charge < -0.3 is 10.5 Å². The second-order valence-electron chi connectivity index (χ2n) is 3.96. The largest absolute Gasteiger partial charge is 0.439 e. The summed E-state index contributed by atoms with van der Waals surface area (Å²) in [5, 5.41) is 4.03. The van der Waals surface area contributed by atoms with Crippen molar-refractivity contribution in [2.75, 3.05) is 0 Å². The van der Waals surface area contributed by atoms with Crippen LogP contribution in [0.1, 0.15) is 5.56 Å². The normalized spacial score (nSPS) is 10.8. The molecular formula is C13H11FN4O. The van der Waals surface area contributed by atoms with E-state index >= 15 is 0 Å². The first-order chi connectivity index (χ1) is 9.26. The number of ether oxygens (including phenoxy) is 1. The molecule has 0 aliphatic carbocycles. The number of fused-ring (bicyclic) bond motifs is 1. The third-order valence-corrected chi connectivity index (χ3v) is 2.70. The molecule has 0 saturated heterocycles. The second kappa shape index (κ2) is 4.66. The summed E-state index contributed by atoms with van der Waals surface area (Å²) in [4.78, 5) is 4.23. The molecule has 5 nitrogen and oxygen atoms in total. The molecule has 2 aromatic heterocycles. The molecule has 0 aliphatic heterocycles. The summed E-state index contributed by atoms with van der Waals surface area (Å²) in [6, 6.07) is 7.97. The molecule has 0 unspecified atom stereocenters. The highest BCUT2D eigenvalue weighted by Gasteiger charge is 2.05. The van der Waals surface area contributed by atoms with Gasteiger partial charge in [-0.1, -0.05) is 6.07 Å². The predicted molar refractivity (Wildman–Crippen MR) is 67.4 cm³/mol. The van der Waals surface area contributed by atoms with Crippen molar-refractivity contribution >= 4 is 5.65 Å². The van der Waals surface area contributed by atoms with Gasteiger partial charge in [0.1, 0.15) is 11.6 Å². The van der Waals surface area contributed by atoms with Crippen LogP contribution in [0.3, 0.4) is 0 Å². The van der Waals surface area contributed by atoms with Crippen molar-refractivity contribution in [1.82, 2.24) is 14.6 Å². The van der Waals surface area contributed by atoms with Gasteiger partial charge >= 0.3 is 0 Å². The first-order valence-electron chi connectivity index (χ1n) is 5.73. The number of nitrogens with two attached hydrogens (primary N) is 1. The Hall–Kier alpha value is -2.47. The zero-order chi connectivity index (χ0) is 13.2. The van der Waals surface area contributed by atoms with Gasteiger partial charge in [-0.3, -0.25) is 0 Å². The van der Waals surface area contributed by atoms with Gasteiger partial charge in [0.25, 0.3) is 0 Å². The number of hydrogen-bond acceptors (Lipinski definition) is 4. The van der Waals surface area contributed by atoms with Crippen LogP contribution in [0.15, 0.2) is 42.7 Å². The van der Waals surface area contributed by atoms with E-state index in [0.717, 1.165) is 0 Å². The fourth-order valence-electron chi connectivity index (χ4n) is 1.73. The minimum atomic E-state index is -0.384. The van der Waals surface area contributed by atoms with E-state index in [1.165, 1.54) is 6.07 Å². The van der Waals surface area contributed by atoms with Gasteiger partial charge in [0.15, 0.2) is 5.65 Å². The predicted octanol–water partition coefficient (Wildman–Crippen LogP) is 2.12. The molecule has 19 heavy (non-hydrogen) atoms. The van der Waals surface area contributed by atoms with E-state index in [0.29, 0.717) is 22.8 Å². The lowest BCUT2D eigenvalue weighted by atomic mass is 10.2. The molecule has 6 heteroatoms.